The Morgan fingerprint density at radius 3 is 2.17 bits per heavy atom. The molecule has 1 aromatic carbocycles. The van der Waals surface area contributed by atoms with E-state index in [1.807, 2.05) is 37.8 Å². The highest BCUT2D eigenvalue weighted by Crippen LogP contribution is 2.21. The van der Waals surface area contributed by atoms with E-state index in [4.69, 9.17) is 0 Å². The summed E-state index contributed by atoms with van der Waals surface area (Å²) >= 11 is 0. The maximum atomic E-state index is 13.4. The second kappa shape index (κ2) is 7.77. The summed E-state index contributed by atoms with van der Waals surface area (Å²) in [6.07, 6.45) is 0. The molecule has 0 atom stereocenters. The lowest BCUT2D eigenvalue weighted by molar-refractivity contribution is 0.383. The van der Waals surface area contributed by atoms with Crippen LogP contribution in [0.1, 0.15) is 17.0 Å². The molecule has 0 amide bonds. The number of anilines is 1. The van der Waals surface area contributed by atoms with E-state index in [9.17, 15) is 12.8 Å². The highest BCUT2D eigenvalue weighted by molar-refractivity contribution is 7.89. The summed E-state index contributed by atoms with van der Waals surface area (Å²) in [6.45, 7) is 7.50. The van der Waals surface area contributed by atoms with Gasteiger partial charge in [0.2, 0.25) is 10.0 Å². The van der Waals surface area contributed by atoms with Crippen molar-refractivity contribution in [2.24, 2.45) is 0 Å². The van der Waals surface area contributed by atoms with Crippen LogP contribution in [0.4, 0.5) is 10.2 Å². The molecular weight excluding hydrogens is 407 g/mol. The molecule has 0 bridgehead atoms. The highest BCUT2D eigenvalue weighted by atomic mass is 32.2. The van der Waals surface area contributed by atoms with Crippen molar-refractivity contribution in [2.75, 3.05) is 31.1 Å². The predicted molar refractivity (Wildman–Crippen MR) is 111 cm³/mol. The van der Waals surface area contributed by atoms with Crippen molar-refractivity contribution in [1.82, 2.24) is 24.3 Å². The van der Waals surface area contributed by atoms with Gasteiger partial charge in [-0.05, 0) is 56.7 Å². The Morgan fingerprint density at radius 2 is 1.60 bits per heavy atom. The Morgan fingerprint density at radius 1 is 0.933 bits per heavy atom. The SMILES string of the molecule is Cc1nn(-c2ccc(N3CCN(S(=O)(=O)c4cccc(F)c4)CC3)nn2)c(C)c1C. The summed E-state index contributed by atoms with van der Waals surface area (Å²) in [7, 11) is -3.72. The summed E-state index contributed by atoms with van der Waals surface area (Å²) in [5.74, 6) is 0.752. The molecule has 8 nitrogen and oxygen atoms in total. The van der Waals surface area contributed by atoms with E-state index in [0.29, 0.717) is 37.8 Å². The summed E-state index contributed by atoms with van der Waals surface area (Å²) in [5.41, 5.74) is 3.09. The molecule has 1 saturated heterocycles. The Kier molecular flexibility index (Phi) is 5.29. The van der Waals surface area contributed by atoms with Crippen molar-refractivity contribution >= 4 is 15.8 Å². The van der Waals surface area contributed by atoms with E-state index in [1.54, 1.807) is 4.68 Å². The van der Waals surface area contributed by atoms with E-state index in [2.05, 4.69) is 15.3 Å². The van der Waals surface area contributed by atoms with E-state index in [0.717, 1.165) is 23.0 Å². The van der Waals surface area contributed by atoms with Crippen LogP contribution < -0.4 is 4.90 Å². The first-order valence-corrected chi connectivity index (χ1v) is 11.1. The first-order valence-electron chi connectivity index (χ1n) is 9.65. The first kappa shape index (κ1) is 20.4. The van der Waals surface area contributed by atoms with Crippen LogP contribution in [0.25, 0.3) is 5.82 Å². The minimum Gasteiger partial charge on any atom is -0.352 e. The lowest BCUT2D eigenvalue weighted by Crippen LogP contribution is -2.49. The molecule has 30 heavy (non-hydrogen) atoms. The summed E-state index contributed by atoms with van der Waals surface area (Å²) in [5, 5.41) is 13.1. The maximum Gasteiger partial charge on any atom is 0.243 e. The van der Waals surface area contributed by atoms with Crippen LogP contribution in [0.3, 0.4) is 0 Å². The van der Waals surface area contributed by atoms with Gasteiger partial charge in [0, 0.05) is 31.9 Å². The van der Waals surface area contributed by atoms with Crippen LogP contribution in [0.2, 0.25) is 0 Å². The normalized spacial score (nSPS) is 15.5. The van der Waals surface area contributed by atoms with Crippen LogP contribution in [-0.4, -0.2) is 58.9 Å². The van der Waals surface area contributed by atoms with E-state index >= 15 is 0 Å². The molecule has 0 unspecified atom stereocenters. The molecule has 0 N–H and O–H groups in total. The Hall–Kier alpha value is -2.85. The average molecular weight is 431 g/mol. The maximum absolute atomic E-state index is 13.4. The quantitative estimate of drug-likeness (QED) is 0.631. The van der Waals surface area contributed by atoms with Gasteiger partial charge in [0.25, 0.3) is 0 Å². The van der Waals surface area contributed by atoms with Gasteiger partial charge < -0.3 is 4.90 Å². The highest BCUT2D eigenvalue weighted by Gasteiger charge is 2.29. The molecule has 10 heteroatoms. The van der Waals surface area contributed by atoms with Crippen LogP contribution >= 0.6 is 0 Å². The van der Waals surface area contributed by atoms with Crippen LogP contribution in [0.15, 0.2) is 41.3 Å². The molecule has 1 aliphatic heterocycles. The number of aryl methyl sites for hydroxylation is 1. The second-order valence-electron chi connectivity index (χ2n) is 7.31. The van der Waals surface area contributed by atoms with E-state index in [-0.39, 0.29) is 4.90 Å². The second-order valence-corrected chi connectivity index (χ2v) is 9.24. The number of benzene rings is 1. The van der Waals surface area contributed by atoms with Gasteiger partial charge in [-0.1, -0.05) is 6.07 Å². The molecule has 4 rings (SSSR count). The Labute approximate surface area is 175 Å². The summed E-state index contributed by atoms with van der Waals surface area (Å²) < 4.78 is 42.1. The minimum atomic E-state index is -3.72. The van der Waals surface area contributed by atoms with Gasteiger partial charge in [-0.3, -0.25) is 0 Å². The van der Waals surface area contributed by atoms with Crippen molar-refractivity contribution < 1.29 is 12.8 Å². The molecule has 3 aromatic rings. The fraction of sp³-hybridized carbons (Fsp3) is 0.350. The number of halogens is 1. The largest absolute Gasteiger partial charge is 0.352 e. The van der Waals surface area contributed by atoms with Gasteiger partial charge in [0.15, 0.2) is 11.6 Å². The van der Waals surface area contributed by atoms with Crippen molar-refractivity contribution in [1.29, 1.82) is 0 Å². The van der Waals surface area contributed by atoms with Gasteiger partial charge in [-0.25, -0.2) is 17.5 Å². The zero-order valence-electron chi connectivity index (χ0n) is 17.1. The van der Waals surface area contributed by atoms with Crippen LogP contribution in [-0.2, 0) is 10.0 Å². The van der Waals surface area contributed by atoms with Crippen molar-refractivity contribution in [3.63, 3.8) is 0 Å². The Bertz CT molecular complexity index is 1170. The predicted octanol–water partition coefficient (Wildman–Crippen LogP) is 2.24. The van der Waals surface area contributed by atoms with Gasteiger partial charge in [-0.15, -0.1) is 10.2 Å². The van der Waals surface area contributed by atoms with Crippen LogP contribution in [0.5, 0.6) is 0 Å². The molecule has 1 fully saturated rings. The lowest BCUT2D eigenvalue weighted by atomic mass is 10.2. The molecule has 0 saturated carbocycles. The average Bonchev–Trinajstić information content (AvgIpc) is 3.01. The number of hydrogen-bond donors (Lipinski definition) is 0. The molecular formula is C20H23FN6O2S. The molecule has 0 radical (unpaired) electrons. The smallest absolute Gasteiger partial charge is 0.243 e. The number of piperazine rings is 1. The fourth-order valence-corrected chi connectivity index (χ4v) is 4.93. The molecule has 0 spiro atoms. The third-order valence-corrected chi connectivity index (χ3v) is 7.40. The monoisotopic (exact) mass is 430 g/mol. The molecule has 1 aliphatic rings. The number of hydrogen-bond acceptors (Lipinski definition) is 6. The van der Waals surface area contributed by atoms with Gasteiger partial charge >= 0.3 is 0 Å². The van der Waals surface area contributed by atoms with Gasteiger partial charge in [0.1, 0.15) is 5.82 Å². The van der Waals surface area contributed by atoms with E-state index < -0.39 is 15.8 Å². The fourth-order valence-electron chi connectivity index (χ4n) is 3.48. The first-order chi connectivity index (χ1) is 14.3. The minimum absolute atomic E-state index is 0.0275. The molecule has 2 aromatic heterocycles. The third kappa shape index (κ3) is 3.68. The molecule has 158 valence electrons. The molecule has 3 heterocycles. The third-order valence-electron chi connectivity index (χ3n) is 5.50. The standard InChI is InChI=1S/C20H23FN6O2S/c1-14-15(2)24-27(16(14)3)20-8-7-19(22-23-20)25-9-11-26(12-10-25)30(28,29)18-6-4-5-17(21)13-18/h4-8,13H,9-12H2,1-3H3. The summed E-state index contributed by atoms with van der Waals surface area (Å²) in [4.78, 5) is 1.96. The van der Waals surface area contributed by atoms with Crippen molar-refractivity contribution in [3.05, 3.63) is 59.2 Å². The number of nitrogens with zero attached hydrogens (tertiary/aromatic N) is 6. The lowest BCUT2D eigenvalue weighted by Gasteiger charge is -2.34. The van der Waals surface area contributed by atoms with Gasteiger partial charge in [0.05, 0.1) is 10.6 Å². The van der Waals surface area contributed by atoms with Gasteiger partial charge in [-0.2, -0.15) is 9.40 Å². The zero-order valence-corrected chi connectivity index (χ0v) is 17.9. The number of aromatic nitrogens is 4. The van der Waals surface area contributed by atoms with E-state index in [1.165, 1.54) is 22.5 Å². The Balaban J connectivity index is 1.46. The van der Waals surface area contributed by atoms with Crippen molar-refractivity contribution in [3.8, 4) is 5.82 Å². The molecule has 0 aliphatic carbocycles. The van der Waals surface area contributed by atoms with Crippen molar-refractivity contribution in [2.45, 2.75) is 25.7 Å². The number of rotatable bonds is 4. The van der Waals surface area contributed by atoms with Crippen LogP contribution in [0, 0.1) is 26.6 Å². The zero-order chi connectivity index (χ0) is 21.5. The number of sulfonamides is 1. The topological polar surface area (TPSA) is 84.2 Å². The summed E-state index contributed by atoms with van der Waals surface area (Å²) in [6, 6.07) is 8.82.